The van der Waals surface area contributed by atoms with Crippen LogP contribution in [-0.2, 0) is 16.8 Å². The summed E-state index contributed by atoms with van der Waals surface area (Å²) in [6, 6.07) is 10.6. The molecule has 128 valence electrons. The fourth-order valence-electron chi connectivity index (χ4n) is 3.77. The monoisotopic (exact) mass is 401 g/mol. The average Bonchev–Trinajstić information content (AvgIpc) is 2.86. The molecule has 1 heterocycles. The standard InChI is InChI=1S/C19H16BrNO4/c1-25-12-5-2-10-3-6-14(17(22)13(10)9-12)19(24)15-8-11(20)4-7-16(15)21-18(19)23/h2,4-5,7-9,14,24H,3,6H2,1H3,(H,21,23)/t14-,19+/m0/s1. The van der Waals surface area contributed by atoms with Crippen molar-refractivity contribution in [3.63, 3.8) is 0 Å². The lowest BCUT2D eigenvalue weighted by Gasteiger charge is -2.33. The first kappa shape index (κ1) is 16.3. The van der Waals surface area contributed by atoms with Gasteiger partial charge >= 0.3 is 0 Å². The molecule has 0 saturated carbocycles. The van der Waals surface area contributed by atoms with Gasteiger partial charge in [0.25, 0.3) is 5.91 Å². The van der Waals surface area contributed by atoms with Crippen LogP contribution in [-0.4, -0.2) is 23.9 Å². The molecule has 2 atom stereocenters. The van der Waals surface area contributed by atoms with E-state index in [1.165, 1.54) is 7.11 Å². The van der Waals surface area contributed by atoms with Crippen molar-refractivity contribution < 1.29 is 19.4 Å². The van der Waals surface area contributed by atoms with Crippen molar-refractivity contribution in [1.29, 1.82) is 0 Å². The van der Waals surface area contributed by atoms with Gasteiger partial charge in [-0.1, -0.05) is 22.0 Å². The number of ether oxygens (including phenoxy) is 1. The fraction of sp³-hybridized carbons (Fsp3) is 0.263. The maximum absolute atomic E-state index is 13.1. The lowest BCUT2D eigenvalue weighted by Crippen LogP contribution is -2.47. The molecule has 25 heavy (non-hydrogen) atoms. The van der Waals surface area contributed by atoms with Crippen LogP contribution in [0.2, 0.25) is 0 Å². The van der Waals surface area contributed by atoms with Gasteiger partial charge in [0.2, 0.25) is 0 Å². The van der Waals surface area contributed by atoms with E-state index in [9.17, 15) is 14.7 Å². The molecule has 0 saturated heterocycles. The second kappa shape index (κ2) is 5.68. The van der Waals surface area contributed by atoms with E-state index < -0.39 is 17.4 Å². The summed E-state index contributed by atoms with van der Waals surface area (Å²) in [5, 5.41) is 14.0. The molecule has 0 bridgehead atoms. The molecule has 0 fully saturated rings. The minimum Gasteiger partial charge on any atom is -0.497 e. The summed E-state index contributed by atoms with van der Waals surface area (Å²) in [5.41, 5.74) is 0.548. The third-order valence-corrected chi connectivity index (χ3v) is 5.59. The maximum Gasteiger partial charge on any atom is 0.261 e. The average molecular weight is 402 g/mol. The Hall–Kier alpha value is -2.18. The molecule has 0 spiro atoms. The number of halogens is 1. The Labute approximate surface area is 153 Å². The summed E-state index contributed by atoms with van der Waals surface area (Å²) < 4.78 is 5.95. The van der Waals surface area contributed by atoms with Gasteiger partial charge in [0.05, 0.1) is 13.0 Å². The Morgan fingerprint density at radius 1 is 1.24 bits per heavy atom. The van der Waals surface area contributed by atoms with Crippen LogP contribution in [0.4, 0.5) is 5.69 Å². The van der Waals surface area contributed by atoms with Gasteiger partial charge in [0.15, 0.2) is 11.4 Å². The highest BCUT2D eigenvalue weighted by molar-refractivity contribution is 9.10. The first-order chi connectivity index (χ1) is 11.9. The number of anilines is 1. The van der Waals surface area contributed by atoms with Crippen molar-refractivity contribution in [2.24, 2.45) is 5.92 Å². The molecule has 4 rings (SSSR count). The molecule has 1 aliphatic carbocycles. The summed E-state index contributed by atoms with van der Waals surface area (Å²) in [6.07, 6.45) is 1.03. The Morgan fingerprint density at radius 3 is 2.80 bits per heavy atom. The van der Waals surface area contributed by atoms with Gasteiger partial charge in [-0.05, 0) is 48.7 Å². The highest BCUT2D eigenvalue weighted by Gasteiger charge is 2.54. The molecule has 2 aromatic carbocycles. The SMILES string of the molecule is COc1ccc2c(c1)C(=O)[C@@H]([C@]1(O)C(=O)Nc3ccc(Br)cc31)CC2. The Morgan fingerprint density at radius 2 is 2.04 bits per heavy atom. The third kappa shape index (κ3) is 2.32. The van der Waals surface area contributed by atoms with Crippen LogP contribution in [0.25, 0.3) is 0 Å². The van der Waals surface area contributed by atoms with Gasteiger partial charge in [-0.3, -0.25) is 9.59 Å². The van der Waals surface area contributed by atoms with Gasteiger partial charge in [-0.2, -0.15) is 0 Å². The van der Waals surface area contributed by atoms with Crippen molar-refractivity contribution in [2.75, 3.05) is 12.4 Å². The molecule has 5 nitrogen and oxygen atoms in total. The summed E-state index contributed by atoms with van der Waals surface area (Å²) in [6.45, 7) is 0. The summed E-state index contributed by atoms with van der Waals surface area (Å²) in [5.74, 6) is -1.03. The van der Waals surface area contributed by atoms with Gasteiger partial charge in [-0.25, -0.2) is 0 Å². The predicted molar refractivity (Wildman–Crippen MR) is 95.8 cm³/mol. The second-order valence-corrected chi connectivity index (χ2v) is 7.30. The van der Waals surface area contributed by atoms with E-state index in [-0.39, 0.29) is 5.78 Å². The number of Topliss-reactive ketones (excluding diaryl/α,β-unsaturated/α-hetero) is 1. The second-order valence-electron chi connectivity index (χ2n) is 6.39. The zero-order valence-corrected chi connectivity index (χ0v) is 15.1. The van der Waals surface area contributed by atoms with Crippen LogP contribution in [0.1, 0.15) is 27.9 Å². The number of benzene rings is 2. The van der Waals surface area contributed by atoms with E-state index in [0.29, 0.717) is 35.4 Å². The molecule has 0 aromatic heterocycles. The number of hydrogen-bond donors (Lipinski definition) is 2. The van der Waals surface area contributed by atoms with Crippen molar-refractivity contribution in [3.05, 3.63) is 57.6 Å². The number of aliphatic hydroxyl groups is 1. The number of carbonyl (C=O) groups excluding carboxylic acids is 2. The highest BCUT2D eigenvalue weighted by Crippen LogP contribution is 2.46. The summed E-state index contributed by atoms with van der Waals surface area (Å²) in [4.78, 5) is 25.7. The maximum atomic E-state index is 13.1. The summed E-state index contributed by atoms with van der Waals surface area (Å²) >= 11 is 3.37. The number of carbonyl (C=O) groups is 2. The van der Waals surface area contributed by atoms with Crippen LogP contribution in [0, 0.1) is 5.92 Å². The first-order valence-corrected chi connectivity index (χ1v) is 8.79. The number of ketones is 1. The fourth-order valence-corrected chi connectivity index (χ4v) is 4.13. The van der Waals surface area contributed by atoms with Crippen molar-refractivity contribution in [3.8, 4) is 5.75 Å². The third-order valence-electron chi connectivity index (χ3n) is 5.09. The van der Waals surface area contributed by atoms with E-state index in [2.05, 4.69) is 21.2 Å². The van der Waals surface area contributed by atoms with Crippen LogP contribution in [0.3, 0.4) is 0 Å². The zero-order chi connectivity index (χ0) is 17.8. The minimum atomic E-state index is -1.86. The number of amides is 1. The molecular weight excluding hydrogens is 386 g/mol. The lowest BCUT2D eigenvalue weighted by molar-refractivity contribution is -0.138. The first-order valence-electron chi connectivity index (χ1n) is 8.00. The molecular formula is C19H16BrNO4. The van der Waals surface area contributed by atoms with Crippen molar-refractivity contribution in [1.82, 2.24) is 0 Å². The van der Waals surface area contributed by atoms with E-state index >= 15 is 0 Å². The Balaban J connectivity index is 1.81. The molecule has 2 aliphatic rings. The van der Waals surface area contributed by atoms with Gasteiger partial charge in [0, 0.05) is 21.3 Å². The van der Waals surface area contributed by atoms with Gasteiger partial charge in [0.1, 0.15) is 5.75 Å². The molecule has 1 amide bonds. The van der Waals surface area contributed by atoms with Crippen LogP contribution in [0.15, 0.2) is 40.9 Å². The molecule has 0 radical (unpaired) electrons. The van der Waals surface area contributed by atoms with Crippen molar-refractivity contribution >= 4 is 33.3 Å². The molecule has 2 N–H and O–H groups in total. The van der Waals surface area contributed by atoms with E-state index in [1.807, 2.05) is 12.1 Å². The lowest BCUT2D eigenvalue weighted by atomic mass is 9.71. The smallest absolute Gasteiger partial charge is 0.261 e. The normalized spacial score (nSPS) is 24.5. The summed E-state index contributed by atoms with van der Waals surface area (Å²) in [7, 11) is 1.54. The number of rotatable bonds is 2. The van der Waals surface area contributed by atoms with Gasteiger partial charge in [-0.15, -0.1) is 0 Å². The highest BCUT2D eigenvalue weighted by atomic mass is 79.9. The largest absolute Gasteiger partial charge is 0.497 e. The van der Waals surface area contributed by atoms with E-state index in [1.54, 1.807) is 24.3 Å². The molecule has 1 aliphatic heterocycles. The number of methoxy groups -OCH3 is 1. The topological polar surface area (TPSA) is 75.6 Å². The Kier molecular flexibility index (Phi) is 3.70. The quantitative estimate of drug-likeness (QED) is 0.810. The molecule has 6 heteroatoms. The number of fused-ring (bicyclic) bond motifs is 2. The number of hydrogen-bond acceptors (Lipinski definition) is 4. The van der Waals surface area contributed by atoms with Gasteiger partial charge < -0.3 is 15.2 Å². The van der Waals surface area contributed by atoms with E-state index in [0.717, 1.165) is 10.0 Å². The minimum absolute atomic E-state index is 0.231. The molecule has 2 aromatic rings. The van der Waals surface area contributed by atoms with Crippen molar-refractivity contribution in [2.45, 2.75) is 18.4 Å². The van der Waals surface area contributed by atoms with Crippen LogP contribution >= 0.6 is 15.9 Å². The van der Waals surface area contributed by atoms with E-state index in [4.69, 9.17) is 4.74 Å². The predicted octanol–water partition coefficient (Wildman–Crippen LogP) is 3.04. The molecule has 0 unspecified atom stereocenters. The zero-order valence-electron chi connectivity index (χ0n) is 13.5. The number of aryl methyl sites for hydroxylation is 1. The van der Waals surface area contributed by atoms with Crippen LogP contribution < -0.4 is 10.1 Å². The van der Waals surface area contributed by atoms with Crippen LogP contribution in [0.5, 0.6) is 5.75 Å². The Bertz CT molecular complexity index is 910. The number of nitrogens with one attached hydrogen (secondary N) is 1.